The molecule has 0 amide bonds. The molecule has 1 N–H and O–H groups in total. The van der Waals surface area contributed by atoms with Gasteiger partial charge in [-0.25, -0.2) is 0 Å². The molecule has 0 aliphatic rings. The summed E-state index contributed by atoms with van der Waals surface area (Å²) in [4.78, 5) is 0. The molecule has 0 spiro atoms. The Bertz CT molecular complexity index is 433. The van der Waals surface area contributed by atoms with Crippen molar-refractivity contribution in [2.24, 2.45) is 0 Å². The summed E-state index contributed by atoms with van der Waals surface area (Å²) in [6.45, 7) is 0. The normalized spacial score (nSPS) is 12.4. The van der Waals surface area contributed by atoms with Crippen LogP contribution in [0.15, 0.2) is 53.0 Å². The lowest BCUT2D eigenvalue weighted by molar-refractivity contribution is 0.691. The van der Waals surface area contributed by atoms with Crippen molar-refractivity contribution in [3.8, 4) is 0 Å². The fourth-order valence-electron chi connectivity index (χ4n) is 1.84. The molecule has 0 saturated heterocycles. The Balaban J connectivity index is 2.33. The van der Waals surface area contributed by atoms with Crippen LogP contribution in [0.3, 0.4) is 0 Å². The molecule has 0 aliphatic heterocycles. The molecule has 2 rings (SSSR count). The Morgan fingerprint density at radius 1 is 0.941 bits per heavy atom. The fraction of sp³-hybridized carbons (Fsp3) is 0.143. The maximum absolute atomic E-state index is 3.46. The van der Waals surface area contributed by atoms with E-state index in [1.165, 1.54) is 14.7 Å². The summed E-state index contributed by atoms with van der Waals surface area (Å²) in [5, 5.41) is 3.36. The number of benzene rings is 2. The van der Waals surface area contributed by atoms with Crippen LogP contribution >= 0.6 is 38.5 Å². The molecule has 0 heterocycles. The first-order valence-corrected chi connectivity index (χ1v) is 7.26. The number of nitrogens with one attached hydrogen (secondary N) is 1. The van der Waals surface area contributed by atoms with Crippen LogP contribution in [0.25, 0.3) is 0 Å². The predicted molar refractivity (Wildman–Crippen MR) is 84.2 cm³/mol. The first kappa shape index (κ1) is 13.1. The van der Waals surface area contributed by atoms with Gasteiger partial charge in [-0.2, -0.15) is 0 Å². The van der Waals surface area contributed by atoms with Crippen molar-refractivity contribution in [1.29, 1.82) is 0 Å². The zero-order valence-electron chi connectivity index (χ0n) is 9.45. The molecule has 3 heteroatoms. The second-order valence-electron chi connectivity index (χ2n) is 3.82. The van der Waals surface area contributed by atoms with Gasteiger partial charge in [0.25, 0.3) is 0 Å². The predicted octanol–water partition coefficient (Wildman–Crippen LogP) is 4.36. The van der Waals surface area contributed by atoms with Crippen LogP contribution in [-0.2, 0) is 0 Å². The van der Waals surface area contributed by atoms with Gasteiger partial charge in [0.05, 0.1) is 6.04 Å². The lowest BCUT2D eigenvalue weighted by atomic mass is 9.99. The van der Waals surface area contributed by atoms with Gasteiger partial charge in [-0.1, -0.05) is 40.2 Å². The molecule has 1 unspecified atom stereocenters. The number of halogens is 2. The van der Waals surface area contributed by atoms with Crippen LogP contribution in [0.4, 0.5) is 0 Å². The molecule has 0 bridgehead atoms. The molecule has 0 saturated carbocycles. The van der Waals surface area contributed by atoms with Crippen LogP contribution in [-0.4, -0.2) is 7.05 Å². The first-order valence-electron chi connectivity index (χ1n) is 5.39. The van der Waals surface area contributed by atoms with E-state index in [2.05, 4.69) is 92.4 Å². The largest absolute Gasteiger partial charge is 0.309 e. The van der Waals surface area contributed by atoms with Gasteiger partial charge in [0.1, 0.15) is 0 Å². The second-order valence-corrected chi connectivity index (χ2v) is 5.99. The molecule has 2 aromatic carbocycles. The van der Waals surface area contributed by atoms with Crippen LogP contribution < -0.4 is 5.32 Å². The van der Waals surface area contributed by atoms with E-state index in [1.807, 2.05) is 7.05 Å². The van der Waals surface area contributed by atoms with Gasteiger partial charge in [-0.3, -0.25) is 0 Å². The van der Waals surface area contributed by atoms with Crippen molar-refractivity contribution in [2.75, 3.05) is 7.05 Å². The van der Waals surface area contributed by atoms with Crippen molar-refractivity contribution in [2.45, 2.75) is 6.04 Å². The Morgan fingerprint density at radius 3 is 1.88 bits per heavy atom. The quantitative estimate of drug-likeness (QED) is 0.753. The minimum atomic E-state index is 0.250. The van der Waals surface area contributed by atoms with Crippen molar-refractivity contribution in [1.82, 2.24) is 5.32 Å². The highest BCUT2D eigenvalue weighted by molar-refractivity contribution is 14.1. The first-order chi connectivity index (χ1) is 8.20. The molecule has 1 nitrogen and oxygen atoms in total. The van der Waals surface area contributed by atoms with Gasteiger partial charge in [0, 0.05) is 8.04 Å². The summed E-state index contributed by atoms with van der Waals surface area (Å²) in [7, 11) is 1.99. The van der Waals surface area contributed by atoms with Gasteiger partial charge in [0.15, 0.2) is 0 Å². The Labute approximate surface area is 124 Å². The van der Waals surface area contributed by atoms with Crippen LogP contribution in [0.1, 0.15) is 17.2 Å². The zero-order chi connectivity index (χ0) is 12.3. The highest BCUT2D eigenvalue weighted by atomic mass is 127. The molecule has 0 aromatic heterocycles. The molecule has 88 valence electrons. The van der Waals surface area contributed by atoms with Crippen molar-refractivity contribution < 1.29 is 0 Å². The maximum Gasteiger partial charge on any atom is 0.0574 e. The van der Waals surface area contributed by atoms with Crippen LogP contribution in [0, 0.1) is 3.57 Å². The van der Waals surface area contributed by atoms with E-state index in [0.29, 0.717) is 0 Å². The summed E-state index contributed by atoms with van der Waals surface area (Å²) in [5.41, 5.74) is 2.56. The van der Waals surface area contributed by atoms with Gasteiger partial charge < -0.3 is 5.32 Å². The lowest BCUT2D eigenvalue weighted by Crippen LogP contribution is -2.17. The average molecular weight is 402 g/mol. The summed E-state index contributed by atoms with van der Waals surface area (Å²) in [5.74, 6) is 0. The smallest absolute Gasteiger partial charge is 0.0574 e. The van der Waals surface area contributed by atoms with E-state index in [4.69, 9.17) is 0 Å². The average Bonchev–Trinajstić information content (AvgIpc) is 2.35. The Kier molecular flexibility index (Phi) is 4.59. The van der Waals surface area contributed by atoms with Crippen LogP contribution in [0.2, 0.25) is 0 Å². The molecular formula is C14H13BrIN. The van der Waals surface area contributed by atoms with E-state index in [9.17, 15) is 0 Å². The lowest BCUT2D eigenvalue weighted by Gasteiger charge is -2.17. The van der Waals surface area contributed by atoms with E-state index >= 15 is 0 Å². The van der Waals surface area contributed by atoms with Gasteiger partial charge in [-0.05, 0) is 65.0 Å². The fourth-order valence-corrected chi connectivity index (χ4v) is 2.46. The zero-order valence-corrected chi connectivity index (χ0v) is 13.2. The third kappa shape index (κ3) is 3.30. The third-order valence-electron chi connectivity index (χ3n) is 2.70. The molecule has 0 radical (unpaired) electrons. The molecule has 2 aromatic rings. The van der Waals surface area contributed by atoms with E-state index in [-0.39, 0.29) is 6.04 Å². The highest BCUT2D eigenvalue weighted by Crippen LogP contribution is 2.23. The minimum absolute atomic E-state index is 0.250. The van der Waals surface area contributed by atoms with E-state index in [0.717, 1.165) is 4.47 Å². The summed E-state index contributed by atoms with van der Waals surface area (Å²) in [6.07, 6.45) is 0. The van der Waals surface area contributed by atoms with Gasteiger partial charge >= 0.3 is 0 Å². The van der Waals surface area contributed by atoms with Gasteiger partial charge in [-0.15, -0.1) is 0 Å². The summed E-state index contributed by atoms with van der Waals surface area (Å²) in [6, 6.07) is 17.3. The minimum Gasteiger partial charge on any atom is -0.309 e. The molecule has 1 atom stereocenters. The molecule has 17 heavy (non-hydrogen) atoms. The standard InChI is InChI=1S/C14H13BrIN/c1-17-14(10-2-6-12(15)7-3-10)11-4-8-13(16)9-5-11/h2-9,14,17H,1H3. The molecular weight excluding hydrogens is 389 g/mol. The monoisotopic (exact) mass is 401 g/mol. The van der Waals surface area contributed by atoms with Gasteiger partial charge in [0.2, 0.25) is 0 Å². The van der Waals surface area contributed by atoms with Crippen molar-refractivity contribution >= 4 is 38.5 Å². The topological polar surface area (TPSA) is 12.0 Å². The Hall–Kier alpha value is -0.390. The Morgan fingerprint density at radius 2 is 1.41 bits per heavy atom. The number of rotatable bonds is 3. The highest BCUT2D eigenvalue weighted by Gasteiger charge is 2.11. The molecule has 0 aliphatic carbocycles. The third-order valence-corrected chi connectivity index (χ3v) is 3.94. The summed E-state index contributed by atoms with van der Waals surface area (Å²) >= 11 is 5.79. The van der Waals surface area contributed by atoms with E-state index < -0.39 is 0 Å². The maximum atomic E-state index is 3.46. The second kappa shape index (κ2) is 5.98. The number of hydrogen-bond donors (Lipinski definition) is 1. The SMILES string of the molecule is CNC(c1ccc(Br)cc1)c1ccc(I)cc1. The van der Waals surface area contributed by atoms with Crippen molar-refractivity contribution in [3.05, 3.63) is 67.7 Å². The number of hydrogen-bond acceptors (Lipinski definition) is 1. The van der Waals surface area contributed by atoms with Crippen LogP contribution in [0.5, 0.6) is 0 Å². The molecule has 0 fully saturated rings. The van der Waals surface area contributed by atoms with E-state index in [1.54, 1.807) is 0 Å². The van der Waals surface area contributed by atoms with Crippen molar-refractivity contribution in [3.63, 3.8) is 0 Å². The summed E-state index contributed by atoms with van der Waals surface area (Å²) < 4.78 is 2.37.